The molecule has 4 rings (SSSR count). The van der Waals surface area contributed by atoms with Gasteiger partial charge in [0.25, 0.3) is 5.91 Å². The number of anilines is 1. The smallest absolute Gasteiger partial charge is 0.255 e. The van der Waals surface area contributed by atoms with Crippen molar-refractivity contribution in [2.24, 2.45) is 0 Å². The summed E-state index contributed by atoms with van der Waals surface area (Å²) in [6, 6.07) is 19.1. The lowest BCUT2D eigenvalue weighted by Gasteiger charge is -2.07. The molecule has 0 unspecified atom stereocenters. The highest BCUT2D eigenvalue weighted by atomic mass is 127. The Bertz CT molecular complexity index is 1200. The molecule has 3 aromatic carbocycles. The van der Waals surface area contributed by atoms with Crippen LogP contribution in [-0.2, 0) is 6.42 Å². The summed E-state index contributed by atoms with van der Waals surface area (Å²) in [4.78, 5) is 14.2. The largest absolute Gasteiger partial charge is 0.321 e. The summed E-state index contributed by atoms with van der Waals surface area (Å²) < 4.78 is 0.991. The van der Waals surface area contributed by atoms with Gasteiger partial charge in [-0.3, -0.25) is 4.79 Å². The van der Waals surface area contributed by atoms with Gasteiger partial charge < -0.3 is 5.32 Å². The van der Waals surface area contributed by atoms with Gasteiger partial charge in [0.15, 0.2) is 0 Å². The van der Waals surface area contributed by atoms with E-state index in [1.807, 2.05) is 30.3 Å². The maximum Gasteiger partial charge on any atom is 0.255 e. The van der Waals surface area contributed by atoms with Gasteiger partial charge in [0.05, 0.1) is 16.4 Å². The lowest BCUT2D eigenvalue weighted by atomic mass is 10.1. The monoisotopic (exact) mass is 530 g/mol. The molecule has 0 aliphatic rings. The third kappa shape index (κ3) is 4.65. The van der Waals surface area contributed by atoms with Gasteiger partial charge in [0.1, 0.15) is 11.0 Å². The summed E-state index contributed by atoms with van der Waals surface area (Å²) in [5, 5.41) is 12.4. The zero-order valence-electron chi connectivity index (χ0n) is 16.4. The van der Waals surface area contributed by atoms with E-state index in [4.69, 9.17) is 11.6 Å². The van der Waals surface area contributed by atoms with Crippen molar-refractivity contribution < 1.29 is 4.79 Å². The summed E-state index contributed by atoms with van der Waals surface area (Å²) in [5.74, 6) is -0.218. The van der Waals surface area contributed by atoms with Gasteiger partial charge in [0.2, 0.25) is 0 Å². The summed E-state index contributed by atoms with van der Waals surface area (Å²) in [5.41, 5.74) is 4.60. The van der Waals surface area contributed by atoms with Crippen molar-refractivity contribution in [1.82, 2.24) is 15.0 Å². The van der Waals surface area contributed by atoms with Crippen LogP contribution in [0.3, 0.4) is 0 Å². The molecule has 1 heterocycles. The van der Waals surface area contributed by atoms with Crippen molar-refractivity contribution in [3.8, 4) is 5.69 Å². The molecule has 1 amide bonds. The molecule has 1 aromatic heterocycles. The van der Waals surface area contributed by atoms with Crippen molar-refractivity contribution in [1.29, 1.82) is 0 Å². The van der Waals surface area contributed by atoms with Crippen LogP contribution in [0.15, 0.2) is 60.7 Å². The normalized spacial score (nSPS) is 11.0. The second kappa shape index (κ2) is 9.14. The predicted molar refractivity (Wildman–Crippen MR) is 130 cm³/mol. The third-order valence-corrected chi connectivity index (χ3v) is 5.77. The van der Waals surface area contributed by atoms with Crippen molar-refractivity contribution in [3.05, 3.63) is 80.4 Å². The van der Waals surface area contributed by atoms with E-state index < -0.39 is 0 Å². The molecule has 0 radical (unpaired) electrons. The van der Waals surface area contributed by atoms with Gasteiger partial charge in [0, 0.05) is 9.13 Å². The van der Waals surface area contributed by atoms with Crippen molar-refractivity contribution in [2.45, 2.75) is 26.2 Å². The highest BCUT2D eigenvalue weighted by Gasteiger charge is 2.13. The van der Waals surface area contributed by atoms with E-state index in [9.17, 15) is 4.79 Å². The predicted octanol–water partition coefficient (Wildman–Crippen LogP) is 6.27. The lowest BCUT2D eigenvalue weighted by Crippen LogP contribution is -2.12. The minimum absolute atomic E-state index is 0.218. The first kappa shape index (κ1) is 20.8. The minimum Gasteiger partial charge on any atom is -0.321 e. The van der Waals surface area contributed by atoms with Gasteiger partial charge in [-0.15, -0.1) is 10.2 Å². The summed E-state index contributed by atoms with van der Waals surface area (Å²) >= 11 is 8.57. The first-order chi connectivity index (χ1) is 14.5. The highest BCUT2D eigenvalue weighted by molar-refractivity contribution is 14.1. The summed E-state index contributed by atoms with van der Waals surface area (Å²) in [7, 11) is 0. The van der Waals surface area contributed by atoms with Gasteiger partial charge in [-0.25, -0.2) is 0 Å². The van der Waals surface area contributed by atoms with E-state index in [0.29, 0.717) is 27.3 Å². The standard InChI is InChI=1S/C23H20ClIN4O/c1-2-3-5-15-8-10-18(11-9-15)29-27-21-13-19(24)20(14-22(21)28-29)26-23(30)16-6-4-7-17(25)12-16/h4,6-14H,2-3,5H2,1H3,(H,26,30). The molecular weight excluding hydrogens is 511 g/mol. The number of unbranched alkanes of at least 4 members (excludes halogenated alkanes) is 1. The highest BCUT2D eigenvalue weighted by Crippen LogP contribution is 2.27. The number of aromatic nitrogens is 3. The minimum atomic E-state index is -0.218. The number of amides is 1. The Hall–Kier alpha value is -2.45. The van der Waals surface area contributed by atoms with Crippen LogP contribution in [0.25, 0.3) is 16.7 Å². The fourth-order valence-corrected chi connectivity index (χ4v) is 3.90. The average Bonchev–Trinajstić information content (AvgIpc) is 3.15. The Labute approximate surface area is 193 Å². The third-order valence-electron chi connectivity index (χ3n) is 4.79. The Kier molecular flexibility index (Phi) is 6.34. The topological polar surface area (TPSA) is 59.8 Å². The van der Waals surface area contributed by atoms with E-state index in [-0.39, 0.29) is 5.91 Å². The van der Waals surface area contributed by atoms with E-state index >= 15 is 0 Å². The van der Waals surface area contributed by atoms with Crippen LogP contribution < -0.4 is 5.32 Å². The quantitative estimate of drug-likeness (QED) is 0.299. The van der Waals surface area contributed by atoms with Crippen LogP contribution in [0.1, 0.15) is 35.7 Å². The first-order valence-electron chi connectivity index (χ1n) is 9.76. The number of hydrogen-bond donors (Lipinski definition) is 1. The second-order valence-corrected chi connectivity index (χ2v) is 8.70. The zero-order valence-corrected chi connectivity index (χ0v) is 19.3. The van der Waals surface area contributed by atoms with Crippen LogP contribution in [0.4, 0.5) is 5.69 Å². The molecule has 1 N–H and O–H groups in total. The number of aryl methyl sites for hydroxylation is 1. The Balaban J connectivity index is 1.59. The van der Waals surface area contributed by atoms with Gasteiger partial charge >= 0.3 is 0 Å². The molecule has 0 bridgehead atoms. The molecule has 4 aromatic rings. The van der Waals surface area contributed by atoms with Gasteiger partial charge in [-0.2, -0.15) is 4.80 Å². The lowest BCUT2D eigenvalue weighted by molar-refractivity contribution is 0.102. The van der Waals surface area contributed by atoms with Crippen LogP contribution in [0.5, 0.6) is 0 Å². The number of nitrogens with one attached hydrogen (secondary N) is 1. The van der Waals surface area contributed by atoms with E-state index in [1.54, 1.807) is 23.0 Å². The molecule has 0 fully saturated rings. The second-order valence-electron chi connectivity index (χ2n) is 7.04. The molecular formula is C23H20ClIN4O. The van der Waals surface area contributed by atoms with Gasteiger partial charge in [-0.05, 0) is 83.5 Å². The maximum atomic E-state index is 12.6. The van der Waals surface area contributed by atoms with Gasteiger partial charge in [-0.1, -0.05) is 43.1 Å². The van der Waals surface area contributed by atoms with Crippen LogP contribution >= 0.6 is 34.2 Å². The van der Waals surface area contributed by atoms with Crippen molar-refractivity contribution in [2.75, 3.05) is 5.32 Å². The average molecular weight is 531 g/mol. The number of hydrogen-bond acceptors (Lipinski definition) is 3. The fraction of sp³-hybridized carbons (Fsp3) is 0.174. The molecule has 5 nitrogen and oxygen atoms in total. The maximum absolute atomic E-state index is 12.6. The number of fused-ring (bicyclic) bond motifs is 1. The molecule has 0 saturated heterocycles. The molecule has 0 aliphatic carbocycles. The van der Waals surface area contributed by atoms with Crippen molar-refractivity contribution >= 4 is 56.8 Å². The summed E-state index contributed by atoms with van der Waals surface area (Å²) in [6.45, 7) is 2.19. The SMILES string of the molecule is CCCCc1ccc(-n2nc3cc(Cl)c(NC(=O)c4cccc(I)c4)cc3n2)cc1. The number of carbonyl (C=O) groups excluding carboxylic acids is 1. The fourth-order valence-electron chi connectivity index (χ4n) is 3.15. The number of carbonyl (C=O) groups is 1. The molecule has 0 saturated carbocycles. The van der Waals surface area contributed by atoms with Crippen LogP contribution in [0.2, 0.25) is 5.02 Å². The zero-order chi connectivity index (χ0) is 21.1. The Morgan fingerprint density at radius 2 is 1.80 bits per heavy atom. The number of rotatable bonds is 6. The van der Waals surface area contributed by atoms with E-state index in [0.717, 1.165) is 15.7 Å². The molecule has 0 spiro atoms. The summed E-state index contributed by atoms with van der Waals surface area (Å²) in [6.07, 6.45) is 3.43. The molecule has 7 heteroatoms. The Morgan fingerprint density at radius 1 is 1.07 bits per heavy atom. The molecule has 152 valence electrons. The number of benzene rings is 3. The van der Waals surface area contributed by atoms with Crippen molar-refractivity contribution in [3.63, 3.8) is 0 Å². The van der Waals surface area contributed by atoms with E-state index in [1.165, 1.54) is 18.4 Å². The van der Waals surface area contributed by atoms with E-state index in [2.05, 4.69) is 57.2 Å². The van der Waals surface area contributed by atoms with Crippen LogP contribution in [0, 0.1) is 3.57 Å². The molecule has 0 aliphatic heterocycles. The first-order valence-corrected chi connectivity index (χ1v) is 11.2. The Morgan fingerprint density at radius 3 is 2.50 bits per heavy atom. The molecule has 30 heavy (non-hydrogen) atoms. The van der Waals surface area contributed by atoms with Crippen LogP contribution in [-0.4, -0.2) is 20.9 Å². The number of nitrogens with zero attached hydrogens (tertiary/aromatic N) is 3. The number of halogens is 2. The molecule has 0 atom stereocenters.